The minimum absolute atomic E-state index is 0.0547. The summed E-state index contributed by atoms with van der Waals surface area (Å²) in [6, 6.07) is 12.2. The van der Waals surface area contributed by atoms with Crippen molar-refractivity contribution in [2.24, 2.45) is 5.73 Å². The third kappa shape index (κ3) is 5.01. The summed E-state index contributed by atoms with van der Waals surface area (Å²) >= 11 is 0. The molecular weight excluding hydrogens is 357 g/mol. The number of likely N-dealkylation sites (tertiary alicyclic amines) is 1. The standard InChI is InChI=1S/C20H21F3N2O2/c21-20(22,23)16-4-1-3-15(11-16)13-27-17-8-6-14(7-9-17)12-25-10-2-5-18(25)19(24)26/h1,3-4,6-9,11,18H,2,5,10,12-13H2,(H2,24,26)/t18-/m0/s1. The molecule has 0 aromatic heterocycles. The molecule has 0 unspecified atom stereocenters. The Balaban J connectivity index is 1.57. The summed E-state index contributed by atoms with van der Waals surface area (Å²) in [6.07, 6.45) is -2.63. The SMILES string of the molecule is NC(=O)[C@@H]1CCCN1Cc1ccc(OCc2cccc(C(F)(F)F)c2)cc1. The molecule has 1 heterocycles. The molecule has 1 saturated heterocycles. The van der Waals surface area contributed by atoms with Gasteiger partial charge in [-0.05, 0) is 54.8 Å². The number of benzene rings is 2. The van der Waals surface area contributed by atoms with Crippen molar-refractivity contribution in [2.75, 3.05) is 6.54 Å². The number of halogens is 3. The third-order valence-electron chi connectivity index (χ3n) is 4.66. The van der Waals surface area contributed by atoms with E-state index in [9.17, 15) is 18.0 Å². The molecule has 144 valence electrons. The van der Waals surface area contributed by atoms with Gasteiger partial charge in [-0.25, -0.2) is 0 Å². The molecule has 0 bridgehead atoms. The van der Waals surface area contributed by atoms with Crippen LogP contribution in [0, 0.1) is 0 Å². The summed E-state index contributed by atoms with van der Waals surface area (Å²) in [4.78, 5) is 13.5. The number of alkyl halides is 3. The van der Waals surface area contributed by atoms with Gasteiger partial charge in [0.2, 0.25) is 5.91 Å². The quantitative estimate of drug-likeness (QED) is 0.833. The van der Waals surface area contributed by atoms with Crippen molar-refractivity contribution in [1.82, 2.24) is 4.90 Å². The Bertz CT molecular complexity index is 791. The summed E-state index contributed by atoms with van der Waals surface area (Å²) in [6.45, 7) is 1.52. The van der Waals surface area contributed by atoms with Gasteiger partial charge in [-0.3, -0.25) is 9.69 Å². The van der Waals surface area contributed by atoms with Crippen LogP contribution in [0.15, 0.2) is 48.5 Å². The lowest BCUT2D eigenvalue weighted by atomic mass is 10.1. The predicted molar refractivity (Wildman–Crippen MR) is 94.8 cm³/mol. The monoisotopic (exact) mass is 378 g/mol. The van der Waals surface area contributed by atoms with Crippen LogP contribution in [0.3, 0.4) is 0 Å². The van der Waals surface area contributed by atoms with Crippen molar-refractivity contribution in [3.05, 3.63) is 65.2 Å². The fraction of sp³-hybridized carbons (Fsp3) is 0.350. The van der Waals surface area contributed by atoms with E-state index in [-0.39, 0.29) is 18.6 Å². The van der Waals surface area contributed by atoms with Gasteiger partial charge < -0.3 is 10.5 Å². The number of carbonyl (C=O) groups excluding carboxylic acids is 1. The van der Waals surface area contributed by atoms with E-state index in [4.69, 9.17) is 10.5 Å². The molecule has 2 aromatic carbocycles. The molecule has 0 aliphatic carbocycles. The van der Waals surface area contributed by atoms with Gasteiger partial charge in [0.05, 0.1) is 11.6 Å². The number of nitrogens with zero attached hydrogens (tertiary/aromatic N) is 1. The molecule has 4 nitrogen and oxygen atoms in total. The normalized spacial score (nSPS) is 17.8. The van der Waals surface area contributed by atoms with Crippen LogP contribution in [0.25, 0.3) is 0 Å². The highest BCUT2D eigenvalue weighted by molar-refractivity contribution is 5.80. The fourth-order valence-electron chi connectivity index (χ4n) is 3.27. The van der Waals surface area contributed by atoms with E-state index in [2.05, 4.69) is 4.90 Å². The predicted octanol–water partition coefficient (Wildman–Crippen LogP) is 3.73. The van der Waals surface area contributed by atoms with Gasteiger partial charge in [0.25, 0.3) is 0 Å². The Morgan fingerprint density at radius 3 is 2.56 bits per heavy atom. The largest absolute Gasteiger partial charge is 0.489 e. The third-order valence-corrected chi connectivity index (χ3v) is 4.66. The van der Waals surface area contributed by atoms with E-state index in [0.29, 0.717) is 17.9 Å². The lowest BCUT2D eigenvalue weighted by molar-refractivity contribution is -0.137. The van der Waals surface area contributed by atoms with E-state index in [1.807, 2.05) is 12.1 Å². The molecule has 1 aliphatic heterocycles. The van der Waals surface area contributed by atoms with E-state index in [0.717, 1.165) is 37.1 Å². The lowest BCUT2D eigenvalue weighted by Crippen LogP contribution is -2.39. The first-order valence-electron chi connectivity index (χ1n) is 8.74. The summed E-state index contributed by atoms with van der Waals surface area (Å²) in [5.41, 5.74) is 6.22. The number of hydrogen-bond acceptors (Lipinski definition) is 3. The molecule has 27 heavy (non-hydrogen) atoms. The number of ether oxygens (including phenoxy) is 1. The molecule has 1 amide bonds. The highest BCUT2D eigenvalue weighted by atomic mass is 19.4. The van der Waals surface area contributed by atoms with Crippen LogP contribution in [-0.4, -0.2) is 23.4 Å². The van der Waals surface area contributed by atoms with Crippen LogP contribution in [-0.2, 0) is 24.1 Å². The van der Waals surface area contributed by atoms with Crippen molar-refractivity contribution in [3.63, 3.8) is 0 Å². The number of rotatable bonds is 6. The Hall–Kier alpha value is -2.54. The van der Waals surface area contributed by atoms with Crippen LogP contribution >= 0.6 is 0 Å². The van der Waals surface area contributed by atoms with Gasteiger partial charge in [0.1, 0.15) is 12.4 Å². The van der Waals surface area contributed by atoms with Gasteiger partial charge in [0.15, 0.2) is 0 Å². The molecule has 0 radical (unpaired) electrons. The summed E-state index contributed by atoms with van der Waals surface area (Å²) in [7, 11) is 0. The van der Waals surface area contributed by atoms with Gasteiger partial charge in [-0.2, -0.15) is 13.2 Å². The van der Waals surface area contributed by atoms with Crippen LogP contribution in [0.1, 0.15) is 29.5 Å². The van der Waals surface area contributed by atoms with E-state index in [1.165, 1.54) is 6.07 Å². The molecule has 1 aliphatic rings. The Kier molecular flexibility index (Phi) is 5.70. The first kappa shape index (κ1) is 19.2. The zero-order chi connectivity index (χ0) is 19.4. The zero-order valence-electron chi connectivity index (χ0n) is 14.7. The Morgan fingerprint density at radius 1 is 1.15 bits per heavy atom. The highest BCUT2D eigenvalue weighted by Gasteiger charge is 2.30. The first-order chi connectivity index (χ1) is 12.8. The van der Waals surface area contributed by atoms with E-state index >= 15 is 0 Å². The van der Waals surface area contributed by atoms with Crippen molar-refractivity contribution < 1.29 is 22.7 Å². The number of amides is 1. The van der Waals surface area contributed by atoms with Crippen LogP contribution in [0.5, 0.6) is 5.75 Å². The van der Waals surface area contributed by atoms with Crippen molar-refractivity contribution in [2.45, 2.75) is 38.2 Å². The van der Waals surface area contributed by atoms with E-state index in [1.54, 1.807) is 18.2 Å². The zero-order valence-corrected chi connectivity index (χ0v) is 14.7. The fourth-order valence-corrected chi connectivity index (χ4v) is 3.27. The molecule has 2 aromatic rings. The molecular formula is C20H21F3N2O2. The average Bonchev–Trinajstić information content (AvgIpc) is 3.09. The Labute approximate surface area is 155 Å². The molecule has 3 rings (SSSR count). The molecule has 0 saturated carbocycles. The second-order valence-electron chi connectivity index (χ2n) is 6.66. The van der Waals surface area contributed by atoms with E-state index < -0.39 is 11.7 Å². The summed E-state index contributed by atoms with van der Waals surface area (Å²) in [5.74, 6) is 0.276. The molecule has 1 atom stereocenters. The summed E-state index contributed by atoms with van der Waals surface area (Å²) < 4.78 is 43.8. The number of carbonyl (C=O) groups is 1. The molecule has 0 spiro atoms. The van der Waals surface area contributed by atoms with Gasteiger partial charge in [0, 0.05) is 6.54 Å². The van der Waals surface area contributed by atoms with Gasteiger partial charge >= 0.3 is 6.18 Å². The number of primary amides is 1. The topological polar surface area (TPSA) is 55.6 Å². The van der Waals surface area contributed by atoms with Crippen LogP contribution in [0.4, 0.5) is 13.2 Å². The van der Waals surface area contributed by atoms with Crippen molar-refractivity contribution >= 4 is 5.91 Å². The minimum Gasteiger partial charge on any atom is -0.489 e. The maximum atomic E-state index is 12.7. The van der Waals surface area contributed by atoms with Crippen LogP contribution in [0.2, 0.25) is 0 Å². The number of hydrogen-bond donors (Lipinski definition) is 1. The van der Waals surface area contributed by atoms with Gasteiger partial charge in [-0.15, -0.1) is 0 Å². The lowest BCUT2D eigenvalue weighted by Gasteiger charge is -2.21. The van der Waals surface area contributed by atoms with Crippen molar-refractivity contribution in [3.8, 4) is 5.75 Å². The molecule has 2 N–H and O–H groups in total. The Morgan fingerprint density at radius 2 is 1.89 bits per heavy atom. The maximum absolute atomic E-state index is 12.7. The maximum Gasteiger partial charge on any atom is 0.416 e. The first-order valence-corrected chi connectivity index (χ1v) is 8.74. The molecule has 7 heteroatoms. The summed E-state index contributed by atoms with van der Waals surface area (Å²) in [5, 5.41) is 0. The highest BCUT2D eigenvalue weighted by Crippen LogP contribution is 2.30. The molecule has 1 fully saturated rings. The second kappa shape index (κ2) is 8.00. The average molecular weight is 378 g/mol. The van der Waals surface area contributed by atoms with Crippen molar-refractivity contribution in [1.29, 1.82) is 0 Å². The smallest absolute Gasteiger partial charge is 0.416 e. The number of nitrogens with two attached hydrogens (primary N) is 1. The second-order valence-corrected chi connectivity index (χ2v) is 6.66. The van der Waals surface area contributed by atoms with Crippen LogP contribution < -0.4 is 10.5 Å². The van der Waals surface area contributed by atoms with Gasteiger partial charge in [-0.1, -0.05) is 24.3 Å². The minimum atomic E-state index is -4.37.